The maximum atomic E-state index is 13.3. The molecule has 0 spiro atoms. The molecule has 0 bridgehead atoms. The topological polar surface area (TPSA) is 4.44 Å². The molecule has 7 heteroatoms. The summed E-state index contributed by atoms with van der Waals surface area (Å²) in [5, 5.41) is 0. The van der Waals surface area contributed by atoms with Crippen molar-refractivity contribution in [1.82, 2.24) is 0 Å². The van der Waals surface area contributed by atoms with Crippen LogP contribution in [0.15, 0.2) is 0 Å². The van der Waals surface area contributed by atoms with Gasteiger partial charge >= 0.3 is 0 Å². The fourth-order valence-electron chi connectivity index (χ4n) is 1.97. The van der Waals surface area contributed by atoms with Gasteiger partial charge in [-0.1, -0.05) is 0 Å². The van der Waals surface area contributed by atoms with Gasteiger partial charge in [0.2, 0.25) is 34.8 Å². The molecule has 0 aliphatic carbocycles. The predicted octanol–water partition coefficient (Wildman–Crippen LogP) is -1.30. The Morgan fingerprint density at radius 1 is 0.647 bits per heavy atom. The third kappa shape index (κ3) is 2.24. The minimum absolute atomic E-state index is 0. The Morgan fingerprint density at radius 3 is 1.41 bits per heavy atom. The van der Waals surface area contributed by atoms with Crippen molar-refractivity contribution >= 4 is 5.69 Å². The highest BCUT2D eigenvalue weighted by atomic mass is 35.5. The molecule has 0 amide bonds. The Labute approximate surface area is 101 Å². The van der Waals surface area contributed by atoms with E-state index in [0.717, 1.165) is 12.8 Å². The molecular formula is C10H9ClF5N. The van der Waals surface area contributed by atoms with Crippen LogP contribution in [0.25, 0.3) is 0 Å². The number of halogens is 6. The lowest BCUT2D eigenvalue weighted by Gasteiger charge is -2.14. The number of benzene rings is 1. The minimum atomic E-state index is -2.10. The first-order chi connectivity index (χ1) is 7.54. The zero-order valence-electron chi connectivity index (χ0n) is 8.60. The number of hydrogen-bond acceptors (Lipinski definition) is 0. The molecule has 0 aromatic heterocycles. The maximum absolute atomic E-state index is 13.3. The van der Waals surface area contributed by atoms with Crippen molar-refractivity contribution in [2.45, 2.75) is 12.8 Å². The smallest absolute Gasteiger partial charge is 0.225 e. The Balaban J connectivity index is 0.00000144. The molecule has 1 fully saturated rings. The van der Waals surface area contributed by atoms with Crippen LogP contribution in [-0.4, -0.2) is 13.1 Å². The summed E-state index contributed by atoms with van der Waals surface area (Å²) in [4.78, 5) is 0.313. The predicted molar refractivity (Wildman–Crippen MR) is 45.8 cm³/mol. The van der Waals surface area contributed by atoms with Gasteiger partial charge in [0.15, 0.2) is 0 Å². The van der Waals surface area contributed by atoms with Crippen molar-refractivity contribution in [1.29, 1.82) is 0 Å². The van der Waals surface area contributed by atoms with Gasteiger partial charge < -0.3 is 12.4 Å². The van der Waals surface area contributed by atoms with Crippen LogP contribution in [-0.2, 0) is 0 Å². The number of rotatable bonds is 1. The molecule has 0 atom stereocenters. The van der Waals surface area contributed by atoms with Gasteiger partial charge in [0.25, 0.3) is 0 Å². The van der Waals surface area contributed by atoms with Crippen LogP contribution in [0.2, 0.25) is 0 Å². The third-order valence-electron chi connectivity index (χ3n) is 2.77. The van der Waals surface area contributed by atoms with Crippen LogP contribution in [0.5, 0.6) is 0 Å². The van der Waals surface area contributed by atoms with E-state index < -0.39 is 34.8 Å². The summed E-state index contributed by atoms with van der Waals surface area (Å²) < 4.78 is 65.1. The van der Waals surface area contributed by atoms with Crippen LogP contribution in [0.3, 0.4) is 0 Å². The highest BCUT2D eigenvalue weighted by Crippen LogP contribution is 2.24. The fraction of sp³-hybridized carbons (Fsp3) is 0.400. The molecule has 1 heterocycles. The molecule has 1 aliphatic heterocycles. The Kier molecular flexibility index (Phi) is 4.32. The van der Waals surface area contributed by atoms with Gasteiger partial charge in [-0.3, -0.25) is 4.90 Å². The van der Waals surface area contributed by atoms with Gasteiger partial charge in [0, 0.05) is 12.8 Å². The molecule has 1 nitrogen and oxygen atoms in total. The number of hydrogen-bond donors (Lipinski definition) is 1. The molecule has 0 saturated carbocycles. The summed E-state index contributed by atoms with van der Waals surface area (Å²) in [5.74, 6) is -9.26. The van der Waals surface area contributed by atoms with Gasteiger partial charge in [0.1, 0.15) is 0 Å². The lowest BCUT2D eigenvalue weighted by Crippen LogP contribution is -3.05. The van der Waals surface area contributed by atoms with Crippen molar-refractivity contribution < 1.29 is 39.3 Å². The number of quaternary nitrogens is 1. The minimum Gasteiger partial charge on any atom is -1.00 e. The first kappa shape index (κ1) is 14.2. The summed E-state index contributed by atoms with van der Waals surface area (Å²) in [6.45, 7) is 0.775. The van der Waals surface area contributed by atoms with Gasteiger partial charge in [0.05, 0.1) is 13.1 Å². The van der Waals surface area contributed by atoms with Crippen molar-refractivity contribution in [3.8, 4) is 0 Å². The van der Waals surface area contributed by atoms with E-state index in [1.807, 2.05) is 0 Å². The monoisotopic (exact) mass is 273 g/mol. The van der Waals surface area contributed by atoms with E-state index in [9.17, 15) is 22.0 Å². The van der Waals surface area contributed by atoms with Crippen LogP contribution >= 0.6 is 0 Å². The molecule has 1 aliphatic rings. The molecule has 0 unspecified atom stereocenters. The quantitative estimate of drug-likeness (QED) is 0.368. The average Bonchev–Trinajstić information content (AvgIpc) is 2.77. The van der Waals surface area contributed by atoms with Gasteiger partial charge in [-0.2, -0.15) is 8.78 Å². The lowest BCUT2D eigenvalue weighted by atomic mass is 10.2. The first-order valence-electron chi connectivity index (χ1n) is 4.90. The van der Waals surface area contributed by atoms with Crippen LogP contribution in [0, 0.1) is 29.1 Å². The van der Waals surface area contributed by atoms with E-state index in [1.165, 1.54) is 0 Å². The van der Waals surface area contributed by atoms with Gasteiger partial charge in [-0.15, -0.1) is 0 Å². The van der Waals surface area contributed by atoms with Crippen LogP contribution in [0.4, 0.5) is 27.6 Å². The van der Waals surface area contributed by atoms with E-state index in [4.69, 9.17) is 0 Å². The second-order valence-electron chi connectivity index (χ2n) is 3.76. The largest absolute Gasteiger partial charge is 1.00 e. The van der Waals surface area contributed by atoms with Gasteiger partial charge in [-0.25, -0.2) is 13.2 Å². The summed E-state index contributed by atoms with van der Waals surface area (Å²) >= 11 is 0. The Hall–Kier alpha value is -0.880. The normalized spacial score (nSPS) is 16.1. The summed E-state index contributed by atoms with van der Waals surface area (Å²) in [7, 11) is 0. The Bertz CT molecular complexity index is 402. The van der Waals surface area contributed by atoms with Crippen LogP contribution in [0.1, 0.15) is 12.8 Å². The molecule has 2 rings (SSSR count). The summed E-state index contributed by atoms with van der Waals surface area (Å²) in [5.41, 5.74) is -0.728. The summed E-state index contributed by atoms with van der Waals surface area (Å²) in [6.07, 6.45) is 1.43. The lowest BCUT2D eigenvalue weighted by molar-refractivity contribution is -0.820. The third-order valence-corrected chi connectivity index (χ3v) is 2.77. The van der Waals surface area contributed by atoms with Crippen molar-refractivity contribution in [2.24, 2.45) is 0 Å². The van der Waals surface area contributed by atoms with Crippen molar-refractivity contribution in [3.05, 3.63) is 29.1 Å². The zero-order valence-corrected chi connectivity index (χ0v) is 9.35. The molecular weight excluding hydrogens is 265 g/mol. The van der Waals surface area contributed by atoms with Gasteiger partial charge in [-0.05, 0) is 0 Å². The van der Waals surface area contributed by atoms with Crippen molar-refractivity contribution in [2.75, 3.05) is 13.1 Å². The molecule has 17 heavy (non-hydrogen) atoms. The molecule has 1 saturated heterocycles. The van der Waals surface area contributed by atoms with Crippen LogP contribution < -0.4 is 17.3 Å². The SMILES string of the molecule is Fc1c(F)c(F)c([NH+]2CCCC2)c(F)c1F.[Cl-]. The van der Waals surface area contributed by atoms with E-state index >= 15 is 0 Å². The van der Waals surface area contributed by atoms with E-state index in [2.05, 4.69) is 0 Å². The van der Waals surface area contributed by atoms with E-state index in [-0.39, 0.29) is 12.4 Å². The molecule has 0 radical (unpaired) electrons. The van der Waals surface area contributed by atoms with Crippen molar-refractivity contribution in [3.63, 3.8) is 0 Å². The second-order valence-corrected chi connectivity index (χ2v) is 3.76. The second kappa shape index (κ2) is 5.18. The Morgan fingerprint density at radius 2 is 1.00 bits per heavy atom. The first-order valence-corrected chi connectivity index (χ1v) is 4.90. The van der Waals surface area contributed by atoms with E-state index in [1.54, 1.807) is 0 Å². The molecule has 1 aromatic rings. The highest BCUT2D eigenvalue weighted by Gasteiger charge is 2.33. The highest BCUT2D eigenvalue weighted by molar-refractivity contribution is 5.35. The fourth-order valence-corrected chi connectivity index (χ4v) is 1.97. The molecule has 1 N–H and O–H groups in total. The summed E-state index contributed by atoms with van der Waals surface area (Å²) in [6, 6.07) is 0. The molecule has 1 aromatic carbocycles. The zero-order chi connectivity index (χ0) is 11.9. The average molecular weight is 274 g/mol. The van der Waals surface area contributed by atoms with E-state index in [0.29, 0.717) is 18.0 Å². The maximum Gasteiger partial charge on any atom is 0.225 e. The molecule has 96 valence electrons. The standard InChI is InChI=1S/C10H8F5N.ClH/c11-5-6(12)8(14)10(9(15)7(5)13)16-3-1-2-4-16;/h1-4H2;1H. The number of nitrogens with one attached hydrogen (secondary N) is 1.